The number of hydrazine groups is 1. The molecule has 2 N–H and O–H groups in total. The molecule has 0 spiro atoms. The first kappa shape index (κ1) is 20.0. The van der Waals surface area contributed by atoms with E-state index in [1.807, 2.05) is 32.0 Å². The topological polar surface area (TPSA) is 76.7 Å². The van der Waals surface area contributed by atoms with Crippen LogP contribution in [0.25, 0.3) is 0 Å². The lowest BCUT2D eigenvalue weighted by Crippen LogP contribution is -2.50. The molecule has 2 aromatic carbocycles. The summed E-state index contributed by atoms with van der Waals surface area (Å²) in [5, 5.41) is 0.592. The van der Waals surface area contributed by atoms with Crippen LogP contribution in [-0.4, -0.2) is 24.5 Å². The number of rotatable bonds is 4. The lowest BCUT2D eigenvalue weighted by Gasteiger charge is -2.25. The molecule has 2 atom stereocenters. The van der Waals surface area contributed by atoms with Gasteiger partial charge in [0.15, 0.2) is 6.10 Å². The Morgan fingerprint density at radius 2 is 2.00 bits per heavy atom. The first-order valence-corrected chi connectivity index (χ1v) is 9.46. The second-order valence-corrected chi connectivity index (χ2v) is 7.34. The van der Waals surface area contributed by atoms with Crippen molar-refractivity contribution in [3.63, 3.8) is 0 Å². The Morgan fingerprint density at radius 3 is 2.79 bits per heavy atom. The van der Waals surface area contributed by atoms with Crippen molar-refractivity contribution in [2.75, 3.05) is 6.61 Å². The van der Waals surface area contributed by atoms with Gasteiger partial charge in [0, 0.05) is 5.02 Å². The van der Waals surface area contributed by atoms with Crippen molar-refractivity contribution in [1.82, 2.24) is 10.9 Å². The SMILES string of the molecule is Cc1cccc(O[C@H](C)C(=O)NNC(=O)[C@H]2COc3ccc(Cl)cc3C2)c1C. The van der Waals surface area contributed by atoms with E-state index < -0.39 is 17.9 Å². The van der Waals surface area contributed by atoms with Gasteiger partial charge in [0.05, 0.1) is 5.92 Å². The number of halogens is 1. The molecule has 0 fully saturated rings. The number of fused-ring (bicyclic) bond motifs is 1. The number of ether oxygens (including phenoxy) is 2. The minimum Gasteiger partial charge on any atom is -0.492 e. The van der Waals surface area contributed by atoms with E-state index in [4.69, 9.17) is 21.1 Å². The molecule has 148 valence electrons. The number of carbonyl (C=O) groups excluding carboxylic acids is 2. The third-order valence-corrected chi connectivity index (χ3v) is 5.07. The van der Waals surface area contributed by atoms with Gasteiger partial charge in [0.25, 0.3) is 5.91 Å². The minimum atomic E-state index is -0.761. The Kier molecular flexibility index (Phi) is 6.09. The van der Waals surface area contributed by atoms with E-state index in [1.54, 1.807) is 25.1 Å². The molecule has 1 aliphatic heterocycles. The van der Waals surface area contributed by atoms with Crippen LogP contribution in [0.2, 0.25) is 5.02 Å². The summed E-state index contributed by atoms with van der Waals surface area (Å²) in [4.78, 5) is 24.7. The van der Waals surface area contributed by atoms with Gasteiger partial charge in [-0.2, -0.15) is 0 Å². The minimum absolute atomic E-state index is 0.241. The van der Waals surface area contributed by atoms with Gasteiger partial charge in [-0.25, -0.2) is 0 Å². The van der Waals surface area contributed by atoms with Crippen LogP contribution in [0.1, 0.15) is 23.6 Å². The smallest absolute Gasteiger partial charge is 0.279 e. The Balaban J connectivity index is 1.53. The van der Waals surface area contributed by atoms with Crippen LogP contribution >= 0.6 is 11.6 Å². The van der Waals surface area contributed by atoms with E-state index in [0.29, 0.717) is 17.2 Å². The van der Waals surface area contributed by atoms with Crippen LogP contribution in [0, 0.1) is 19.8 Å². The van der Waals surface area contributed by atoms with Crippen LogP contribution < -0.4 is 20.3 Å². The average molecular weight is 403 g/mol. The predicted molar refractivity (Wildman–Crippen MR) is 106 cm³/mol. The number of benzene rings is 2. The Labute approximate surface area is 169 Å². The zero-order valence-electron chi connectivity index (χ0n) is 16.0. The molecule has 0 saturated heterocycles. The average Bonchev–Trinajstić information content (AvgIpc) is 2.68. The fourth-order valence-corrected chi connectivity index (χ4v) is 3.15. The molecule has 0 bridgehead atoms. The van der Waals surface area contributed by atoms with Crippen LogP contribution in [0.4, 0.5) is 0 Å². The van der Waals surface area contributed by atoms with Gasteiger partial charge in [0.2, 0.25) is 5.91 Å². The first-order valence-electron chi connectivity index (χ1n) is 9.09. The Bertz CT molecular complexity index is 900. The molecule has 0 aromatic heterocycles. The summed E-state index contributed by atoms with van der Waals surface area (Å²) < 4.78 is 11.3. The van der Waals surface area contributed by atoms with Crippen molar-refractivity contribution < 1.29 is 19.1 Å². The zero-order chi connectivity index (χ0) is 20.3. The second-order valence-electron chi connectivity index (χ2n) is 6.90. The van der Waals surface area contributed by atoms with Crippen molar-refractivity contribution in [3.8, 4) is 11.5 Å². The monoisotopic (exact) mass is 402 g/mol. The van der Waals surface area contributed by atoms with Crippen molar-refractivity contribution in [2.45, 2.75) is 33.3 Å². The molecule has 28 heavy (non-hydrogen) atoms. The van der Waals surface area contributed by atoms with Gasteiger partial charge in [-0.1, -0.05) is 23.7 Å². The molecule has 7 heteroatoms. The second kappa shape index (κ2) is 8.52. The molecule has 2 amide bonds. The third kappa shape index (κ3) is 4.57. The maximum atomic E-state index is 12.4. The lowest BCUT2D eigenvalue weighted by atomic mass is 9.96. The number of aryl methyl sites for hydroxylation is 1. The number of hydrogen-bond acceptors (Lipinski definition) is 4. The van der Waals surface area contributed by atoms with Crippen LogP contribution in [0.3, 0.4) is 0 Å². The normalized spacial score (nSPS) is 16.4. The molecule has 2 aromatic rings. The largest absolute Gasteiger partial charge is 0.492 e. The van der Waals surface area contributed by atoms with Crippen molar-refractivity contribution in [3.05, 3.63) is 58.1 Å². The number of hydrogen-bond donors (Lipinski definition) is 2. The third-order valence-electron chi connectivity index (χ3n) is 4.84. The molecule has 0 radical (unpaired) electrons. The quantitative estimate of drug-likeness (QED) is 0.770. The van der Waals surface area contributed by atoms with E-state index in [-0.39, 0.29) is 12.5 Å². The van der Waals surface area contributed by atoms with E-state index in [1.165, 1.54) is 0 Å². The van der Waals surface area contributed by atoms with Crippen molar-refractivity contribution in [1.29, 1.82) is 0 Å². The summed E-state index contributed by atoms with van der Waals surface area (Å²) in [7, 11) is 0. The molecular weight excluding hydrogens is 380 g/mol. The summed E-state index contributed by atoms with van der Waals surface area (Å²) in [5.74, 6) is 0.199. The summed E-state index contributed by atoms with van der Waals surface area (Å²) in [6.07, 6.45) is -0.269. The highest BCUT2D eigenvalue weighted by atomic mass is 35.5. The molecule has 6 nitrogen and oxygen atoms in total. The number of amides is 2. The van der Waals surface area contributed by atoms with Gasteiger partial charge < -0.3 is 9.47 Å². The van der Waals surface area contributed by atoms with Crippen LogP contribution in [0.5, 0.6) is 11.5 Å². The number of carbonyl (C=O) groups is 2. The summed E-state index contributed by atoms with van der Waals surface area (Å²) in [6, 6.07) is 11.0. The predicted octanol–water partition coefficient (Wildman–Crippen LogP) is 3.12. The van der Waals surface area contributed by atoms with Crippen LogP contribution in [-0.2, 0) is 16.0 Å². The van der Waals surface area contributed by atoms with Gasteiger partial charge in [-0.15, -0.1) is 0 Å². The standard InChI is InChI=1S/C21H23ClN2O4/c1-12-5-4-6-18(13(12)2)28-14(3)20(25)23-24-21(26)16-9-15-10-17(22)7-8-19(15)27-11-16/h4-8,10,14,16H,9,11H2,1-3H3,(H,23,25)(H,24,26)/t14-,16-/m1/s1. The van der Waals surface area contributed by atoms with Gasteiger partial charge in [-0.05, 0) is 68.1 Å². The molecular formula is C21H23ClN2O4. The van der Waals surface area contributed by atoms with Gasteiger partial charge in [-0.3, -0.25) is 20.4 Å². The maximum absolute atomic E-state index is 12.4. The highest BCUT2D eigenvalue weighted by Crippen LogP contribution is 2.29. The van der Waals surface area contributed by atoms with E-state index in [2.05, 4.69) is 10.9 Å². The Hall–Kier alpha value is -2.73. The first-order chi connectivity index (χ1) is 13.3. The van der Waals surface area contributed by atoms with E-state index >= 15 is 0 Å². The van der Waals surface area contributed by atoms with Crippen molar-refractivity contribution >= 4 is 23.4 Å². The fourth-order valence-electron chi connectivity index (χ4n) is 2.95. The molecule has 3 rings (SSSR count). The highest BCUT2D eigenvalue weighted by Gasteiger charge is 2.27. The lowest BCUT2D eigenvalue weighted by molar-refractivity contribution is -0.135. The molecule has 1 aliphatic rings. The fraction of sp³-hybridized carbons (Fsp3) is 0.333. The summed E-state index contributed by atoms with van der Waals surface area (Å²) >= 11 is 6.00. The number of nitrogens with one attached hydrogen (secondary N) is 2. The van der Waals surface area contributed by atoms with Crippen molar-refractivity contribution in [2.24, 2.45) is 5.92 Å². The van der Waals surface area contributed by atoms with Gasteiger partial charge >= 0.3 is 0 Å². The van der Waals surface area contributed by atoms with Crippen LogP contribution in [0.15, 0.2) is 36.4 Å². The van der Waals surface area contributed by atoms with E-state index in [9.17, 15) is 9.59 Å². The summed E-state index contributed by atoms with van der Waals surface area (Å²) in [5.41, 5.74) is 7.81. The molecule has 0 unspecified atom stereocenters. The summed E-state index contributed by atoms with van der Waals surface area (Å²) in [6.45, 7) is 5.78. The van der Waals surface area contributed by atoms with E-state index in [0.717, 1.165) is 22.4 Å². The molecule has 1 heterocycles. The van der Waals surface area contributed by atoms with Gasteiger partial charge in [0.1, 0.15) is 18.1 Å². The maximum Gasteiger partial charge on any atom is 0.279 e. The Morgan fingerprint density at radius 1 is 1.21 bits per heavy atom. The zero-order valence-corrected chi connectivity index (χ0v) is 16.8. The highest BCUT2D eigenvalue weighted by molar-refractivity contribution is 6.30. The molecule has 0 saturated carbocycles. The molecule has 0 aliphatic carbocycles.